The summed E-state index contributed by atoms with van der Waals surface area (Å²) in [5.74, 6) is 0.118. The predicted molar refractivity (Wildman–Crippen MR) is 107 cm³/mol. The molecule has 2 N–H and O–H groups in total. The van der Waals surface area contributed by atoms with Crippen LogP contribution in [0, 0.1) is 5.82 Å². The lowest BCUT2D eigenvalue weighted by Gasteiger charge is -2.18. The molecule has 158 valence electrons. The number of halogens is 3. The summed E-state index contributed by atoms with van der Waals surface area (Å²) in [5, 5.41) is 7.27. The first-order valence-corrected chi connectivity index (χ1v) is 9.58. The van der Waals surface area contributed by atoms with Crippen LogP contribution in [0.3, 0.4) is 0 Å². The molecule has 1 fully saturated rings. The van der Waals surface area contributed by atoms with Crippen molar-refractivity contribution in [2.75, 3.05) is 5.32 Å². The summed E-state index contributed by atoms with van der Waals surface area (Å²) in [7, 11) is 0. The first-order valence-electron chi connectivity index (χ1n) is 9.58. The standard InChI is InChI=1S/C21H17F3N6O/c22-17-7-3-14(4-8-17)13-1-5-16(6-2-13)21(9-10-21)27-20-25-11-15(12-26-20)18-28-29-30(31-18)19(23)24/h1-8,11-12,19,29H,9-10H2,(H,25,26,27). The number of hydrogen-bond donors (Lipinski definition) is 2. The molecule has 2 aliphatic rings. The van der Waals surface area contributed by atoms with Gasteiger partial charge >= 0.3 is 6.55 Å². The van der Waals surface area contributed by atoms with Gasteiger partial charge in [-0.3, -0.25) is 0 Å². The molecular formula is C21H17F3N6O. The fourth-order valence-electron chi connectivity index (χ4n) is 3.38. The van der Waals surface area contributed by atoms with Gasteiger partial charge in [-0.2, -0.15) is 14.3 Å². The molecule has 0 spiro atoms. The maximum atomic E-state index is 13.1. The van der Waals surface area contributed by atoms with Gasteiger partial charge in [-0.05, 0) is 41.7 Å². The Morgan fingerprint density at radius 1 is 0.935 bits per heavy atom. The summed E-state index contributed by atoms with van der Waals surface area (Å²) in [6.07, 6.45) is 4.77. The Morgan fingerprint density at radius 3 is 2.10 bits per heavy atom. The van der Waals surface area contributed by atoms with Crippen molar-refractivity contribution < 1.29 is 18.0 Å². The molecule has 0 bridgehead atoms. The van der Waals surface area contributed by atoms with Crippen LogP contribution < -0.4 is 10.9 Å². The highest BCUT2D eigenvalue weighted by atomic mass is 19.3. The van der Waals surface area contributed by atoms with Gasteiger partial charge in [-0.1, -0.05) is 36.4 Å². The molecule has 0 atom stereocenters. The quantitative estimate of drug-likeness (QED) is 0.580. The van der Waals surface area contributed by atoms with Crippen molar-refractivity contribution in [3.8, 4) is 11.1 Å². The van der Waals surface area contributed by atoms with Crippen LogP contribution in [0.4, 0.5) is 19.1 Å². The maximum Gasteiger partial charge on any atom is 0.344 e. The number of hydrazine groups is 1. The van der Waals surface area contributed by atoms with Gasteiger partial charge in [0, 0.05) is 17.6 Å². The SMILES string of the molecule is Fc1ccc(-c2ccc(C3(Nc4ncc(C5=NNN(C(F)F)O5)cn4)CC3)cc2)cc1. The van der Waals surface area contributed by atoms with E-state index in [2.05, 4.69) is 25.9 Å². The van der Waals surface area contributed by atoms with Crippen molar-refractivity contribution in [2.24, 2.45) is 5.10 Å². The zero-order valence-electron chi connectivity index (χ0n) is 16.1. The third-order valence-corrected chi connectivity index (χ3v) is 5.23. The van der Waals surface area contributed by atoms with Crippen molar-refractivity contribution in [1.29, 1.82) is 0 Å². The number of hydroxylamine groups is 1. The van der Waals surface area contributed by atoms with E-state index in [1.54, 1.807) is 12.1 Å². The van der Waals surface area contributed by atoms with E-state index in [9.17, 15) is 13.2 Å². The highest BCUT2D eigenvalue weighted by Gasteiger charge is 2.45. The van der Waals surface area contributed by atoms with Crippen LogP contribution in [-0.2, 0) is 10.4 Å². The van der Waals surface area contributed by atoms with Gasteiger partial charge in [0.15, 0.2) is 0 Å². The minimum absolute atomic E-state index is 0.0376. The van der Waals surface area contributed by atoms with E-state index in [1.165, 1.54) is 24.5 Å². The van der Waals surface area contributed by atoms with Crippen LogP contribution in [0.2, 0.25) is 0 Å². The van der Waals surface area contributed by atoms with E-state index in [-0.39, 0.29) is 22.4 Å². The van der Waals surface area contributed by atoms with Gasteiger partial charge in [0.05, 0.1) is 11.1 Å². The summed E-state index contributed by atoms with van der Waals surface area (Å²) in [4.78, 5) is 13.4. The maximum absolute atomic E-state index is 13.1. The first kappa shape index (κ1) is 19.3. The molecule has 1 aromatic heterocycles. The molecule has 0 saturated heterocycles. The smallest absolute Gasteiger partial charge is 0.344 e. The first-order chi connectivity index (χ1) is 15.0. The number of anilines is 1. The molecule has 5 rings (SSSR count). The molecule has 1 aliphatic heterocycles. The molecular weight excluding hydrogens is 409 g/mol. The lowest BCUT2D eigenvalue weighted by Crippen LogP contribution is -2.34. The fourth-order valence-corrected chi connectivity index (χ4v) is 3.38. The summed E-state index contributed by atoms with van der Waals surface area (Å²) in [5.41, 5.74) is 5.24. The van der Waals surface area contributed by atoms with Crippen molar-refractivity contribution in [3.05, 3.63) is 77.9 Å². The molecule has 0 radical (unpaired) electrons. The Morgan fingerprint density at radius 2 is 1.55 bits per heavy atom. The predicted octanol–water partition coefficient (Wildman–Crippen LogP) is 4.02. The number of nitrogens with one attached hydrogen (secondary N) is 2. The van der Waals surface area contributed by atoms with Gasteiger partial charge in [-0.15, -0.1) is 5.10 Å². The highest BCUT2D eigenvalue weighted by molar-refractivity contribution is 5.93. The van der Waals surface area contributed by atoms with Crippen LogP contribution in [0.5, 0.6) is 0 Å². The minimum atomic E-state index is -2.85. The van der Waals surface area contributed by atoms with Gasteiger partial charge in [-0.25, -0.2) is 14.4 Å². The van der Waals surface area contributed by atoms with Gasteiger partial charge in [0.1, 0.15) is 5.82 Å². The molecule has 7 nitrogen and oxygen atoms in total. The van der Waals surface area contributed by atoms with Crippen molar-refractivity contribution in [2.45, 2.75) is 24.9 Å². The number of nitrogens with zero attached hydrogens (tertiary/aromatic N) is 4. The van der Waals surface area contributed by atoms with E-state index < -0.39 is 6.55 Å². The molecule has 0 amide bonds. The molecule has 2 aromatic carbocycles. The molecule has 10 heteroatoms. The van der Waals surface area contributed by atoms with Crippen molar-refractivity contribution in [3.63, 3.8) is 0 Å². The van der Waals surface area contributed by atoms with Crippen molar-refractivity contribution >= 4 is 11.8 Å². The molecule has 31 heavy (non-hydrogen) atoms. The summed E-state index contributed by atoms with van der Waals surface area (Å²) < 4.78 is 38.3. The number of hydrogen-bond acceptors (Lipinski definition) is 7. The number of hydrazone groups is 1. The highest BCUT2D eigenvalue weighted by Crippen LogP contribution is 2.48. The average Bonchev–Trinajstić information content (AvgIpc) is 3.39. The summed E-state index contributed by atoms with van der Waals surface area (Å²) >= 11 is 0. The lowest BCUT2D eigenvalue weighted by atomic mass is 9.99. The molecule has 1 aliphatic carbocycles. The second-order valence-electron chi connectivity index (χ2n) is 7.30. The third-order valence-electron chi connectivity index (χ3n) is 5.23. The van der Waals surface area contributed by atoms with Crippen LogP contribution in [-0.4, -0.2) is 27.6 Å². The summed E-state index contributed by atoms with van der Waals surface area (Å²) in [6.45, 7) is -2.85. The van der Waals surface area contributed by atoms with Crippen LogP contribution in [0.1, 0.15) is 24.0 Å². The van der Waals surface area contributed by atoms with E-state index in [1.807, 2.05) is 24.3 Å². The zero-order valence-corrected chi connectivity index (χ0v) is 16.1. The molecule has 0 unspecified atom stereocenters. The monoisotopic (exact) mass is 426 g/mol. The zero-order chi connectivity index (χ0) is 21.4. The second kappa shape index (κ2) is 7.55. The second-order valence-corrected chi connectivity index (χ2v) is 7.30. The number of aromatic nitrogens is 2. The Hall–Kier alpha value is -3.66. The Bertz CT molecular complexity index is 1100. The van der Waals surface area contributed by atoms with Gasteiger partial charge in [0.25, 0.3) is 5.90 Å². The minimum Gasteiger partial charge on any atom is -0.357 e. The van der Waals surface area contributed by atoms with E-state index in [0.717, 1.165) is 29.5 Å². The normalized spacial score (nSPS) is 17.1. The van der Waals surface area contributed by atoms with Gasteiger partial charge < -0.3 is 10.2 Å². The van der Waals surface area contributed by atoms with Crippen LogP contribution in [0.15, 0.2) is 66.0 Å². The number of rotatable bonds is 6. The van der Waals surface area contributed by atoms with E-state index >= 15 is 0 Å². The molecule has 3 aromatic rings. The number of benzene rings is 2. The molecule has 2 heterocycles. The van der Waals surface area contributed by atoms with E-state index in [4.69, 9.17) is 4.84 Å². The van der Waals surface area contributed by atoms with Gasteiger partial charge in [0.2, 0.25) is 5.95 Å². The van der Waals surface area contributed by atoms with Crippen LogP contribution >= 0.6 is 0 Å². The molecule has 1 saturated carbocycles. The Kier molecular flexibility index (Phi) is 4.70. The largest absolute Gasteiger partial charge is 0.357 e. The lowest BCUT2D eigenvalue weighted by molar-refractivity contribution is -0.218. The van der Waals surface area contributed by atoms with E-state index in [0.29, 0.717) is 11.5 Å². The third kappa shape index (κ3) is 3.89. The van der Waals surface area contributed by atoms with Crippen LogP contribution in [0.25, 0.3) is 11.1 Å². The fraction of sp³-hybridized carbons (Fsp3) is 0.190. The topological polar surface area (TPSA) is 74.7 Å². The summed E-state index contributed by atoms with van der Waals surface area (Å²) in [6, 6.07) is 14.5. The number of alkyl halides is 2. The Labute approximate surface area is 175 Å². The van der Waals surface area contributed by atoms with Crippen molar-refractivity contribution in [1.82, 2.24) is 20.7 Å². The Balaban J connectivity index is 1.27. The average molecular weight is 426 g/mol.